The molecule has 0 fully saturated rings. The van der Waals surface area contributed by atoms with Gasteiger partial charge in [0.1, 0.15) is 0 Å². The van der Waals surface area contributed by atoms with Gasteiger partial charge in [-0.3, -0.25) is 9.80 Å². The van der Waals surface area contributed by atoms with Gasteiger partial charge in [-0.25, -0.2) is 19.9 Å². The summed E-state index contributed by atoms with van der Waals surface area (Å²) in [5.41, 5.74) is 7.97. The van der Waals surface area contributed by atoms with Gasteiger partial charge in [-0.05, 0) is 57.5 Å². The zero-order chi connectivity index (χ0) is 31.5. The summed E-state index contributed by atoms with van der Waals surface area (Å²) in [6.07, 6.45) is 0. The highest BCUT2D eigenvalue weighted by Gasteiger charge is 2.17. The van der Waals surface area contributed by atoms with Crippen LogP contribution < -0.4 is 0 Å². The second kappa shape index (κ2) is 13.9. The Balaban J connectivity index is 1.36. The van der Waals surface area contributed by atoms with Crippen LogP contribution in [0.2, 0.25) is 0 Å². The SMILES string of the molecule is CN1CCN(C)CCN2Cc3cccc(n3)-c3cccc(n3)CN(CCN(C)CC1)Cc1ccc3ccc4ccc(nc4c3n1)C2. The third-order valence-electron chi connectivity index (χ3n) is 9.38. The van der Waals surface area contributed by atoms with Crippen molar-refractivity contribution >= 4 is 21.8 Å². The second-order valence-electron chi connectivity index (χ2n) is 13.2. The van der Waals surface area contributed by atoms with Crippen LogP contribution >= 0.6 is 0 Å². The van der Waals surface area contributed by atoms with Gasteiger partial charge in [0.15, 0.2) is 0 Å². The standard InChI is InChI=1S/C37H45N9/c1-42-16-18-43(2)20-22-45-24-30-6-4-8-34(38-30)35-9-5-7-31(39-35)25-46(23-21-44(3)19-17-42)27-33-15-13-29-11-10-28-12-14-32(26-45)40-36(28)37(29)41-33/h4-15H,16-27H2,1-3H3. The van der Waals surface area contributed by atoms with Crippen LogP contribution in [0.25, 0.3) is 33.2 Å². The van der Waals surface area contributed by atoms with Gasteiger partial charge in [-0.2, -0.15) is 0 Å². The third-order valence-corrected chi connectivity index (χ3v) is 9.38. The lowest BCUT2D eigenvalue weighted by Gasteiger charge is -2.28. The number of fused-ring (bicyclic) bond motifs is 10. The van der Waals surface area contributed by atoms with Crippen molar-refractivity contribution in [2.24, 2.45) is 0 Å². The summed E-state index contributed by atoms with van der Waals surface area (Å²) in [6, 6.07) is 25.8. The molecule has 238 valence electrons. The zero-order valence-corrected chi connectivity index (χ0v) is 27.4. The average molecular weight is 616 g/mol. The Labute approximate surface area is 272 Å². The molecule has 4 aromatic heterocycles. The molecule has 0 amide bonds. The van der Waals surface area contributed by atoms with Crippen molar-refractivity contribution < 1.29 is 0 Å². The zero-order valence-electron chi connectivity index (χ0n) is 27.4. The molecule has 3 aliphatic heterocycles. The number of hydrogen-bond donors (Lipinski definition) is 0. The van der Waals surface area contributed by atoms with E-state index in [9.17, 15) is 0 Å². The smallest absolute Gasteiger partial charge is 0.0968 e. The van der Waals surface area contributed by atoms with E-state index in [0.29, 0.717) is 0 Å². The number of nitrogens with zero attached hydrogens (tertiary/aromatic N) is 9. The van der Waals surface area contributed by atoms with Gasteiger partial charge in [-0.1, -0.05) is 36.4 Å². The van der Waals surface area contributed by atoms with E-state index < -0.39 is 0 Å². The molecule has 8 rings (SSSR count). The van der Waals surface area contributed by atoms with Crippen molar-refractivity contribution in [3.63, 3.8) is 0 Å². The Morgan fingerprint density at radius 1 is 0.391 bits per heavy atom. The summed E-state index contributed by atoms with van der Waals surface area (Å²) in [6.45, 7) is 10.9. The molecule has 46 heavy (non-hydrogen) atoms. The molecule has 9 nitrogen and oxygen atoms in total. The third kappa shape index (κ3) is 7.40. The molecular weight excluding hydrogens is 570 g/mol. The first-order chi connectivity index (χ1) is 22.4. The average Bonchev–Trinajstić information content (AvgIpc) is 3.07. The summed E-state index contributed by atoms with van der Waals surface area (Å²) in [4.78, 5) is 33.1. The van der Waals surface area contributed by atoms with Gasteiger partial charge in [-0.15, -0.1) is 0 Å². The Morgan fingerprint density at radius 2 is 0.739 bits per heavy atom. The van der Waals surface area contributed by atoms with Gasteiger partial charge in [0.25, 0.3) is 0 Å². The van der Waals surface area contributed by atoms with Crippen molar-refractivity contribution in [2.75, 3.05) is 73.5 Å². The lowest BCUT2D eigenvalue weighted by molar-refractivity contribution is 0.180. The molecule has 0 radical (unpaired) electrons. The van der Waals surface area contributed by atoms with E-state index in [1.165, 1.54) is 0 Å². The first-order valence-electron chi connectivity index (χ1n) is 16.6. The maximum absolute atomic E-state index is 5.27. The maximum atomic E-state index is 5.27. The molecular formula is C37H45N9. The fraction of sp³-hybridized carbons (Fsp3) is 0.405. The number of pyridine rings is 4. The second-order valence-corrected chi connectivity index (χ2v) is 13.2. The van der Waals surface area contributed by atoms with Crippen LogP contribution in [0.15, 0.2) is 72.8 Å². The largest absolute Gasteiger partial charge is 0.304 e. The molecule has 0 spiro atoms. The van der Waals surface area contributed by atoms with Crippen LogP contribution in [0, 0.1) is 0 Å². The minimum absolute atomic E-state index is 0.735. The van der Waals surface area contributed by atoms with E-state index in [4.69, 9.17) is 19.9 Å². The lowest BCUT2D eigenvalue weighted by atomic mass is 10.1. The van der Waals surface area contributed by atoms with Crippen LogP contribution in [0.5, 0.6) is 0 Å². The summed E-state index contributed by atoms with van der Waals surface area (Å²) >= 11 is 0. The van der Waals surface area contributed by atoms with Crippen LogP contribution in [-0.2, 0) is 26.2 Å². The molecule has 3 aliphatic rings. The Hall–Kier alpha value is -3.86. The molecule has 0 N–H and O–H groups in total. The van der Waals surface area contributed by atoms with Crippen molar-refractivity contribution in [1.82, 2.24) is 44.4 Å². The van der Waals surface area contributed by atoms with E-state index in [-0.39, 0.29) is 0 Å². The summed E-state index contributed by atoms with van der Waals surface area (Å²) in [5, 5.41) is 2.25. The van der Waals surface area contributed by atoms with Crippen molar-refractivity contribution in [2.45, 2.75) is 26.2 Å². The molecule has 0 saturated heterocycles. The number of aromatic nitrogens is 4. The molecule has 0 aliphatic carbocycles. The highest BCUT2D eigenvalue weighted by atomic mass is 15.2. The Kier molecular flexibility index (Phi) is 9.28. The molecule has 2 atom stereocenters. The van der Waals surface area contributed by atoms with Crippen LogP contribution in [0.4, 0.5) is 0 Å². The fourth-order valence-corrected chi connectivity index (χ4v) is 6.43. The normalized spacial score (nSPS) is 21.4. The molecule has 10 bridgehead atoms. The van der Waals surface area contributed by atoms with E-state index >= 15 is 0 Å². The van der Waals surface area contributed by atoms with E-state index in [2.05, 4.69) is 118 Å². The fourth-order valence-electron chi connectivity index (χ4n) is 6.43. The Morgan fingerprint density at radius 3 is 1.15 bits per heavy atom. The van der Waals surface area contributed by atoms with Gasteiger partial charge in [0, 0.05) is 89.3 Å². The van der Waals surface area contributed by atoms with Gasteiger partial charge < -0.3 is 14.7 Å². The number of benzene rings is 1. The van der Waals surface area contributed by atoms with Crippen LogP contribution in [0.3, 0.4) is 0 Å². The molecule has 1 aromatic carbocycles. The highest BCUT2D eigenvalue weighted by molar-refractivity contribution is 6.02. The quantitative estimate of drug-likeness (QED) is 0.187. The van der Waals surface area contributed by atoms with Crippen LogP contribution in [0.1, 0.15) is 22.8 Å². The number of likely N-dealkylation sites (N-methyl/N-ethyl adjacent to an activating group) is 3. The van der Waals surface area contributed by atoms with Gasteiger partial charge >= 0.3 is 0 Å². The maximum Gasteiger partial charge on any atom is 0.0968 e. The topological polar surface area (TPSA) is 67.8 Å². The molecule has 0 saturated carbocycles. The number of hydrogen-bond acceptors (Lipinski definition) is 9. The minimum Gasteiger partial charge on any atom is -0.304 e. The van der Waals surface area contributed by atoms with E-state index in [1.807, 2.05) is 0 Å². The van der Waals surface area contributed by atoms with E-state index in [1.54, 1.807) is 0 Å². The van der Waals surface area contributed by atoms with Crippen molar-refractivity contribution in [3.8, 4) is 11.4 Å². The lowest BCUT2D eigenvalue weighted by Crippen LogP contribution is -2.39. The van der Waals surface area contributed by atoms with Crippen molar-refractivity contribution in [1.29, 1.82) is 0 Å². The first-order valence-corrected chi connectivity index (χ1v) is 16.6. The minimum atomic E-state index is 0.735. The number of rotatable bonds is 0. The molecule has 9 heteroatoms. The molecule has 2 unspecified atom stereocenters. The summed E-state index contributed by atoms with van der Waals surface area (Å²) < 4.78 is 0. The predicted octanol–water partition coefficient (Wildman–Crippen LogP) is 4.37. The van der Waals surface area contributed by atoms with Crippen LogP contribution in [-0.4, -0.2) is 118 Å². The monoisotopic (exact) mass is 615 g/mol. The molecule has 5 aromatic rings. The summed E-state index contributed by atoms with van der Waals surface area (Å²) in [7, 11) is 6.71. The molecule has 7 heterocycles. The highest BCUT2D eigenvalue weighted by Crippen LogP contribution is 2.25. The first kappa shape index (κ1) is 30.8. The predicted molar refractivity (Wildman–Crippen MR) is 185 cm³/mol. The van der Waals surface area contributed by atoms with Gasteiger partial charge in [0.2, 0.25) is 0 Å². The van der Waals surface area contributed by atoms with E-state index in [0.717, 1.165) is 135 Å². The van der Waals surface area contributed by atoms with Gasteiger partial charge in [0.05, 0.1) is 45.2 Å². The summed E-state index contributed by atoms with van der Waals surface area (Å²) in [5.74, 6) is 0. The Bertz CT molecular complexity index is 1680. The van der Waals surface area contributed by atoms with Crippen molar-refractivity contribution in [3.05, 3.63) is 95.6 Å².